The van der Waals surface area contributed by atoms with Crippen LogP contribution in [0.3, 0.4) is 0 Å². The van der Waals surface area contributed by atoms with Gasteiger partial charge in [0.05, 0.1) is 0 Å². The molecule has 1 fully saturated rings. The van der Waals surface area contributed by atoms with Gasteiger partial charge < -0.3 is 0 Å². The van der Waals surface area contributed by atoms with Gasteiger partial charge in [-0.3, -0.25) is 4.98 Å². The van der Waals surface area contributed by atoms with Gasteiger partial charge in [-0.1, -0.05) is 6.92 Å². The zero-order valence-corrected chi connectivity index (χ0v) is 12.0. The molecule has 4 nitrogen and oxygen atoms in total. The van der Waals surface area contributed by atoms with Crippen LogP contribution in [0.4, 0.5) is 0 Å². The molecule has 0 radical (unpaired) electrons. The molecule has 1 heterocycles. The lowest BCUT2D eigenvalue weighted by Crippen LogP contribution is -2.33. The Bertz CT molecular complexity index is 504. The molecule has 0 aliphatic heterocycles. The van der Waals surface area contributed by atoms with Crippen LogP contribution in [0.1, 0.15) is 26.2 Å². The normalized spacial score (nSPS) is 25.1. The summed E-state index contributed by atoms with van der Waals surface area (Å²) in [7, 11) is -3.43. The first-order valence-electron chi connectivity index (χ1n) is 5.60. The van der Waals surface area contributed by atoms with E-state index in [-0.39, 0.29) is 10.9 Å². The molecule has 1 aliphatic rings. The van der Waals surface area contributed by atoms with Gasteiger partial charge in [0, 0.05) is 22.9 Å². The largest absolute Gasteiger partial charge is 0.262 e. The minimum atomic E-state index is -3.43. The lowest BCUT2D eigenvalue weighted by Gasteiger charge is -2.12. The molecular formula is C11H15BrN2O2S. The lowest BCUT2D eigenvalue weighted by molar-refractivity contribution is 0.538. The predicted octanol–water partition coefficient (Wildman–Crippen LogP) is 2.31. The van der Waals surface area contributed by atoms with Crippen molar-refractivity contribution in [2.75, 3.05) is 0 Å². The maximum absolute atomic E-state index is 12.1. The number of rotatable bonds is 3. The number of aromatic nitrogens is 1. The second-order valence-corrected chi connectivity index (χ2v) is 7.20. The third-order valence-electron chi connectivity index (χ3n) is 3.01. The fourth-order valence-corrected chi connectivity index (χ4v) is 3.93. The Morgan fingerprint density at radius 2 is 2.18 bits per heavy atom. The second-order valence-electron chi connectivity index (χ2n) is 4.58. The minimum Gasteiger partial charge on any atom is -0.262 e. The van der Waals surface area contributed by atoms with Crippen molar-refractivity contribution in [3.8, 4) is 0 Å². The van der Waals surface area contributed by atoms with Gasteiger partial charge in [-0.15, -0.1) is 0 Å². The number of hydrogen-bond donors (Lipinski definition) is 1. The standard InChI is InChI=1S/C11H15BrN2O2S/c1-8-2-3-10(4-8)14-17(15,16)11-5-9(12)6-13-7-11/h5-8,10,14H,2-4H2,1H3. The van der Waals surface area contributed by atoms with E-state index in [4.69, 9.17) is 0 Å². The summed E-state index contributed by atoms with van der Waals surface area (Å²) in [4.78, 5) is 4.09. The van der Waals surface area contributed by atoms with Crippen LogP contribution in [-0.4, -0.2) is 19.4 Å². The smallest absolute Gasteiger partial charge is 0.242 e. The summed E-state index contributed by atoms with van der Waals surface area (Å²) in [6.07, 6.45) is 5.86. The highest BCUT2D eigenvalue weighted by molar-refractivity contribution is 9.10. The van der Waals surface area contributed by atoms with Crippen molar-refractivity contribution in [1.29, 1.82) is 0 Å². The van der Waals surface area contributed by atoms with Crippen LogP contribution < -0.4 is 4.72 Å². The Morgan fingerprint density at radius 1 is 1.41 bits per heavy atom. The quantitative estimate of drug-likeness (QED) is 0.930. The Balaban J connectivity index is 2.14. The number of halogens is 1. The van der Waals surface area contributed by atoms with E-state index in [2.05, 4.69) is 32.6 Å². The van der Waals surface area contributed by atoms with Crippen LogP contribution >= 0.6 is 15.9 Å². The second kappa shape index (κ2) is 5.04. The summed E-state index contributed by atoms with van der Waals surface area (Å²) in [5, 5.41) is 0. The predicted molar refractivity (Wildman–Crippen MR) is 69.1 cm³/mol. The molecule has 0 bridgehead atoms. The third kappa shape index (κ3) is 3.26. The summed E-state index contributed by atoms with van der Waals surface area (Å²) in [5.41, 5.74) is 0. The molecule has 1 aromatic rings. The maximum Gasteiger partial charge on any atom is 0.242 e. The molecule has 6 heteroatoms. The van der Waals surface area contributed by atoms with Gasteiger partial charge in [0.2, 0.25) is 10.0 Å². The SMILES string of the molecule is CC1CCC(NS(=O)(=O)c2cncc(Br)c2)C1. The molecular weight excluding hydrogens is 304 g/mol. The highest BCUT2D eigenvalue weighted by atomic mass is 79.9. The van der Waals surface area contributed by atoms with Crippen LogP contribution in [0.25, 0.3) is 0 Å². The molecule has 2 atom stereocenters. The van der Waals surface area contributed by atoms with E-state index in [1.807, 2.05) is 0 Å². The Morgan fingerprint density at radius 3 is 2.76 bits per heavy atom. The monoisotopic (exact) mass is 318 g/mol. The molecule has 0 saturated heterocycles. The zero-order valence-electron chi connectivity index (χ0n) is 9.56. The Kier molecular flexibility index (Phi) is 3.85. The molecule has 0 amide bonds. The van der Waals surface area contributed by atoms with Crippen molar-refractivity contribution < 1.29 is 8.42 Å². The minimum absolute atomic E-state index is 0.0639. The summed E-state index contributed by atoms with van der Waals surface area (Å²) in [6, 6.07) is 1.63. The van der Waals surface area contributed by atoms with E-state index in [1.54, 1.807) is 12.3 Å². The fourth-order valence-electron chi connectivity index (χ4n) is 2.14. The van der Waals surface area contributed by atoms with E-state index >= 15 is 0 Å². The summed E-state index contributed by atoms with van der Waals surface area (Å²) >= 11 is 3.22. The Labute approximate surface area is 110 Å². The van der Waals surface area contributed by atoms with Gasteiger partial charge in [0.1, 0.15) is 4.90 Å². The van der Waals surface area contributed by atoms with Crippen molar-refractivity contribution in [1.82, 2.24) is 9.71 Å². The molecule has 1 N–H and O–H groups in total. The highest BCUT2D eigenvalue weighted by Crippen LogP contribution is 2.26. The zero-order chi connectivity index (χ0) is 12.5. The summed E-state index contributed by atoms with van der Waals surface area (Å²) < 4.78 is 27.6. The number of nitrogens with zero attached hydrogens (tertiary/aromatic N) is 1. The van der Waals surface area contributed by atoms with Crippen LogP contribution in [0, 0.1) is 5.92 Å². The van der Waals surface area contributed by atoms with Crippen LogP contribution in [0.15, 0.2) is 27.8 Å². The van der Waals surface area contributed by atoms with E-state index in [9.17, 15) is 8.42 Å². The molecule has 2 unspecified atom stereocenters. The van der Waals surface area contributed by atoms with Crippen molar-refractivity contribution in [3.05, 3.63) is 22.9 Å². The summed E-state index contributed by atoms with van der Waals surface area (Å²) in [6.45, 7) is 2.15. The first-order valence-corrected chi connectivity index (χ1v) is 7.88. The van der Waals surface area contributed by atoms with Gasteiger partial charge in [-0.25, -0.2) is 13.1 Å². The number of pyridine rings is 1. The fraction of sp³-hybridized carbons (Fsp3) is 0.545. The van der Waals surface area contributed by atoms with E-state index in [0.717, 1.165) is 19.3 Å². The molecule has 17 heavy (non-hydrogen) atoms. The van der Waals surface area contributed by atoms with Crippen LogP contribution in [0.2, 0.25) is 0 Å². The first-order chi connectivity index (χ1) is 7.97. The van der Waals surface area contributed by atoms with Crippen molar-refractivity contribution >= 4 is 26.0 Å². The third-order valence-corrected chi connectivity index (χ3v) is 4.93. The van der Waals surface area contributed by atoms with Gasteiger partial charge in [-0.2, -0.15) is 0 Å². The number of nitrogens with one attached hydrogen (secondary N) is 1. The highest BCUT2D eigenvalue weighted by Gasteiger charge is 2.26. The molecule has 1 aromatic heterocycles. The van der Waals surface area contributed by atoms with Gasteiger partial charge in [0.15, 0.2) is 0 Å². The lowest BCUT2D eigenvalue weighted by atomic mass is 10.1. The number of hydrogen-bond acceptors (Lipinski definition) is 3. The van der Waals surface area contributed by atoms with Gasteiger partial charge in [0.25, 0.3) is 0 Å². The molecule has 1 saturated carbocycles. The molecule has 94 valence electrons. The van der Waals surface area contributed by atoms with E-state index < -0.39 is 10.0 Å². The number of sulfonamides is 1. The molecule has 2 rings (SSSR count). The molecule has 0 aromatic carbocycles. The topological polar surface area (TPSA) is 59.1 Å². The Hall–Kier alpha value is -0.460. The summed E-state index contributed by atoms with van der Waals surface area (Å²) in [5.74, 6) is 0.600. The van der Waals surface area contributed by atoms with E-state index in [1.165, 1.54) is 6.20 Å². The molecule has 1 aliphatic carbocycles. The van der Waals surface area contributed by atoms with Crippen molar-refractivity contribution in [3.63, 3.8) is 0 Å². The van der Waals surface area contributed by atoms with Crippen molar-refractivity contribution in [2.24, 2.45) is 5.92 Å². The first kappa shape index (κ1) is 13.0. The van der Waals surface area contributed by atoms with Gasteiger partial charge in [-0.05, 0) is 47.2 Å². The average molecular weight is 319 g/mol. The van der Waals surface area contributed by atoms with Crippen LogP contribution in [-0.2, 0) is 10.0 Å². The van der Waals surface area contributed by atoms with Crippen molar-refractivity contribution in [2.45, 2.75) is 37.1 Å². The average Bonchev–Trinajstić information content (AvgIpc) is 2.63. The maximum atomic E-state index is 12.1. The van der Waals surface area contributed by atoms with E-state index in [0.29, 0.717) is 10.4 Å². The van der Waals surface area contributed by atoms with Crippen LogP contribution in [0.5, 0.6) is 0 Å². The molecule has 0 spiro atoms. The van der Waals surface area contributed by atoms with Gasteiger partial charge >= 0.3 is 0 Å².